The van der Waals surface area contributed by atoms with Crippen LogP contribution in [0.2, 0.25) is 0 Å². The van der Waals surface area contributed by atoms with Gasteiger partial charge in [-0.25, -0.2) is 4.98 Å². The standard InChI is InChI=1S/C14H24N4O2S/c1-12-5-4-8-18(10-12)21(19,20)15-9-13-11-17-7-3-2-6-14(17)16-13/h11-12,15H,2-10H2,1H3. The maximum Gasteiger partial charge on any atom is 0.279 e. The zero-order valence-corrected chi connectivity index (χ0v) is 13.4. The highest BCUT2D eigenvalue weighted by atomic mass is 32.2. The van der Waals surface area contributed by atoms with E-state index in [1.165, 1.54) is 12.8 Å². The summed E-state index contributed by atoms with van der Waals surface area (Å²) >= 11 is 0. The zero-order valence-electron chi connectivity index (χ0n) is 12.6. The largest absolute Gasteiger partial charge is 0.335 e. The first-order valence-electron chi connectivity index (χ1n) is 7.84. The van der Waals surface area contributed by atoms with Gasteiger partial charge in [0, 0.05) is 32.3 Å². The topological polar surface area (TPSA) is 67.2 Å². The number of rotatable bonds is 4. The summed E-state index contributed by atoms with van der Waals surface area (Å²) in [5, 5.41) is 0. The van der Waals surface area contributed by atoms with E-state index in [2.05, 4.69) is 21.2 Å². The van der Waals surface area contributed by atoms with Crippen LogP contribution >= 0.6 is 0 Å². The molecule has 1 N–H and O–H groups in total. The molecule has 3 heterocycles. The van der Waals surface area contributed by atoms with E-state index in [-0.39, 0.29) is 6.54 Å². The summed E-state index contributed by atoms with van der Waals surface area (Å²) in [6.45, 7) is 4.63. The second-order valence-corrected chi connectivity index (χ2v) is 7.99. The van der Waals surface area contributed by atoms with E-state index in [0.29, 0.717) is 19.0 Å². The first kappa shape index (κ1) is 15.0. The van der Waals surface area contributed by atoms with Crippen LogP contribution < -0.4 is 4.72 Å². The molecule has 1 atom stereocenters. The van der Waals surface area contributed by atoms with E-state index in [4.69, 9.17) is 0 Å². The van der Waals surface area contributed by atoms with Gasteiger partial charge in [0.1, 0.15) is 5.82 Å². The fourth-order valence-corrected chi connectivity index (χ4v) is 4.51. The van der Waals surface area contributed by atoms with Crippen LogP contribution in [0, 0.1) is 5.92 Å². The summed E-state index contributed by atoms with van der Waals surface area (Å²) in [5.41, 5.74) is 0.820. The molecule has 6 nitrogen and oxygen atoms in total. The van der Waals surface area contributed by atoms with Crippen molar-refractivity contribution in [2.45, 2.75) is 52.1 Å². The predicted octanol–water partition coefficient (Wildman–Crippen LogP) is 1.29. The maximum atomic E-state index is 12.3. The quantitative estimate of drug-likeness (QED) is 0.911. The Morgan fingerprint density at radius 3 is 2.95 bits per heavy atom. The third kappa shape index (κ3) is 3.46. The van der Waals surface area contributed by atoms with Crippen LogP contribution in [-0.4, -0.2) is 35.4 Å². The average molecular weight is 312 g/mol. The number of nitrogens with zero attached hydrogens (tertiary/aromatic N) is 3. The molecule has 0 aliphatic carbocycles. The Bertz CT molecular complexity index is 573. The van der Waals surface area contributed by atoms with Crippen LogP contribution in [0.15, 0.2) is 6.20 Å². The molecule has 1 unspecified atom stereocenters. The van der Waals surface area contributed by atoms with E-state index >= 15 is 0 Å². The van der Waals surface area contributed by atoms with Gasteiger partial charge < -0.3 is 4.57 Å². The summed E-state index contributed by atoms with van der Waals surface area (Å²) in [6, 6.07) is 0. The van der Waals surface area contributed by atoms with Gasteiger partial charge in [0.2, 0.25) is 0 Å². The van der Waals surface area contributed by atoms with Gasteiger partial charge >= 0.3 is 0 Å². The predicted molar refractivity (Wildman–Crippen MR) is 80.9 cm³/mol. The van der Waals surface area contributed by atoms with Gasteiger partial charge in [0.05, 0.1) is 12.2 Å². The van der Waals surface area contributed by atoms with Crippen molar-refractivity contribution in [3.8, 4) is 0 Å². The SMILES string of the molecule is CC1CCCN(S(=O)(=O)NCc2cn3c(n2)CCCC3)C1. The number of nitrogens with one attached hydrogen (secondary N) is 1. The Labute approximate surface area is 126 Å². The minimum Gasteiger partial charge on any atom is -0.335 e. The van der Waals surface area contributed by atoms with Crippen LogP contribution in [0.3, 0.4) is 0 Å². The summed E-state index contributed by atoms with van der Waals surface area (Å²) < 4.78 is 31.1. The summed E-state index contributed by atoms with van der Waals surface area (Å²) in [4.78, 5) is 4.53. The van der Waals surface area contributed by atoms with Crippen molar-refractivity contribution in [2.24, 2.45) is 5.92 Å². The van der Waals surface area contributed by atoms with E-state index in [1.54, 1.807) is 4.31 Å². The van der Waals surface area contributed by atoms with Crippen LogP contribution in [0.4, 0.5) is 0 Å². The monoisotopic (exact) mass is 312 g/mol. The third-order valence-corrected chi connectivity index (χ3v) is 5.87. The molecule has 1 aromatic rings. The molecule has 1 saturated heterocycles. The normalized spacial score (nSPS) is 24.0. The lowest BCUT2D eigenvalue weighted by Gasteiger charge is -2.29. The number of piperidine rings is 1. The first-order valence-corrected chi connectivity index (χ1v) is 9.28. The maximum absolute atomic E-state index is 12.3. The lowest BCUT2D eigenvalue weighted by Crippen LogP contribution is -2.45. The zero-order chi connectivity index (χ0) is 14.9. The Morgan fingerprint density at radius 2 is 2.19 bits per heavy atom. The van der Waals surface area contributed by atoms with Gasteiger partial charge in [-0.05, 0) is 31.6 Å². The first-order chi connectivity index (χ1) is 10.0. The molecule has 1 fully saturated rings. The van der Waals surface area contributed by atoms with Crippen molar-refractivity contribution in [1.29, 1.82) is 0 Å². The summed E-state index contributed by atoms with van der Waals surface area (Å²) in [6.07, 6.45) is 7.39. The Kier molecular flexibility index (Phi) is 4.33. The molecular weight excluding hydrogens is 288 g/mol. The van der Waals surface area contributed by atoms with Gasteiger partial charge in [-0.2, -0.15) is 17.4 Å². The van der Waals surface area contributed by atoms with E-state index in [9.17, 15) is 8.42 Å². The minimum atomic E-state index is -3.38. The molecule has 118 valence electrons. The minimum absolute atomic E-state index is 0.285. The molecule has 2 aliphatic rings. The molecule has 0 bridgehead atoms. The average Bonchev–Trinajstić information content (AvgIpc) is 2.88. The molecule has 21 heavy (non-hydrogen) atoms. The molecule has 2 aliphatic heterocycles. The molecule has 3 rings (SSSR count). The number of fused-ring (bicyclic) bond motifs is 1. The van der Waals surface area contributed by atoms with Crippen molar-refractivity contribution in [3.63, 3.8) is 0 Å². The molecule has 0 spiro atoms. The van der Waals surface area contributed by atoms with E-state index in [0.717, 1.165) is 37.3 Å². The van der Waals surface area contributed by atoms with Gasteiger partial charge in [-0.15, -0.1) is 0 Å². The fraction of sp³-hybridized carbons (Fsp3) is 0.786. The molecule has 1 aromatic heterocycles. The lowest BCUT2D eigenvalue weighted by molar-refractivity contribution is 0.278. The molecule has 0 aromatic carbocycles. The van der Waals surface area contributed by atoms with Gasteiger partial charge in [-0.1, -0.05) is 6.92 Å². The second-order valence-electron chi connectivity index (χ2n) is 6.23. The Balaban J connectivity index is 1.62. The number of hydrogen-bond donors (Lipinski definition) is 1. The van der Waals surface area contributed by atoms with Gasteiger partial charge in [-0.3, -0.25) is 0 Å². The van der Waals surface area contributed by atoms with Crippen LogP contribution in [0.1, 0.15) is 44.1 Å². The summed E-state index contributed by atoms with van der Waals surface area (Å²) in [7, 11) is -3.38. The number of aryl methyl sites for hydroxylation is 2. The van der Waals surface area contributed by atoms with Crippen molar-refractivity contribution >= 4 is 10.2 Å². The highest BCUT2D eigenvalue weighted by molar-refractivity contribution is 7.87. The van der Waals surface area contributed by atoms with Crippen LogP contribution in [0.25, 0.3) is 0 Å². The van der Waals surface area contributed by atoms with E-state index in [1.807, 2.05) is 6.20 Å². The Hall–Kier alpha value is -0.920. The number of aromatic nitrogens is 2. The van der Waals surface area contributed by atoms with Crippen molar-refractivity contribution < 1.29 is 8.42 Å². The van der Waals surface area contributed by atoms with Crippen molar-refractivity contribution in [2.75, 3.05) is 13.1 Å². The third-order valence-electron chi connectivity index (χ3n) is 4.35. The molecule has 0 amide bonds. The molecule has 7 heteroatoms. The van der Waals surface area contributed by atoms with Crippen molar-refractivity contribution in [1.82, 2.24) is 18.6 Å². The van der Waals surface area contributed by atoms with Crippen LogP contribution in [-0.2, 0) is 29.7 Å². The second kappa shape index (κ2) is 6.06. The van der Waals surface area contributed by atoms with Crippen LogP contribution in [0.5, 0.6) is 0 Å². The number of hydrogen-bond acceptors (Lipinski definition) is 3. The number of imidazole rings is 1. The fourth-order valence-electron chi connectivity index (χ4n) is 3.18. The molecule has 0 saturated carbocycles. The van der Waals surface area contributed by atoms with Crippen molar-refractivity contribution in [3.05, 3.63) is 17.7 Å². The lowest BCUT2D eigenvalue weighted by atomic mass is 10.0. The Morgan fingerprint density at radius 1 is 1.33 bits per heavy atom. The van der Waals surface area contributed by atoms with Gasteiger partial charge in [0.15, 0.2) is 0 Å². The highest BCUT2D eigenvalue weighted by Gasteiger charge is 2.27. The van der Waals surface area contributed by atoms with Gasteiger partial charge in [0.25, 0.3) is 10.2 Å². The summed E-state index contributed by atoms with van der Waals surface area (Å²) in [5.74, 6) is 1.53. The molecular formula is C14H24N4O2S. The smallest absolute Gasteiger partial charge is 0.279 e. The van der Waals surface area contributed by atoms with E-state index < -0.39 is 10.2 Å². The highest BCUT2D eigenvalue weighted by Crippen LogP contribution is 2.18. The molecule has 0 radical (unpaired) electrons.